The number of esters is 1. The van der Waals surface area contributed by atoms with E-state index in [1.165, 1.54) is 6.92 Å². The molecule has 156 valence electrons. The lowest BCUT2D eigenvalue weighted by atomic mass is 10.0. The highest BCUT2D eigenvalue weighted by molar-refractivity contribution is 7.89. The van der Waals surface area contributed by atoms with E-state index in [0.717, 1.165) is 41.0 Å². The second-order valence-electron chi connectivity index (χ2n) is 6.67. The quantitative estimate of drug-likeness (QED) is 0.668. The molecule has 0 aliphatic rings. The molecular weight excluding hydrogens is 399 g/mol. The maximum atomic E-state index is 12.9. The molecule has 1 atom stereocenters. The number of amides is 1. The number of ether oxygens (including phenoxy) is 1. The Kier molecular flexibility index (Phi) is 7.10. The molecular formula is C20H23FN2O5S. The van der Waals surface area contributed by atoms with Crippen LogP contribution in [0.2, 0.25) is 0 Å². The Balaban J connectivity index is 1.93. The number of nitrogens with one attached hydrogen (secondary N) is 2. The zero-order chi connectivity index (χ0) is 21.8. The summed E-state index contributed by atoms with van der Waals surface area (Å²) in [5.74, 6) is -2.03. The minimum Gasteiger partial charge on any atom is -0.452 e. The Bertz CT molecular complexity index is 997. The van der Waals surface area contributed by atoms with E-state index in [9.17, 15) is 22.4 Å². The van der Waals surface area contributed by atoms with Crippen LogP contribution >= 0.6 is 0 Å². The maximum Gasteiger partial charge on any atom is 0.321 e. The topological polar surface area (TPSA) is 102 Å². The zero-order valence-corrected chi connectivity index (χ0v) is 17.4. The molecule has 0 spiro atoms. The normalized spacial score (nSPS) is 12.3. The number of carbonyl (C=O) groups excluding carboxylic acids is 2. The van der Waals surface area contributed by atoms with Gasteiger partial charge in [0.05, 0.1) is 4.90 Å². The lowest BCUT2D eigenvalue weighted by Gasteiger charge is -2.17. The number of benzene rings is 2. The maximum absolute atomic E-state index is 12.9. The van der Waals surface area contributed by atoms with E-state index in [4.69, 9.17) is 4.74 Å². The summed E-state index contributed by atoms with van der Waals surface area (Å²) in [5.41, 5.74) is 3.45. The number of halogens is 1. The molecule has 0 unspecified atom stereocenters. The fourth-order valence-corrected chi connectivity index (χ4v) is 3.71. The molecule has 2 aromatic rings. The highest BCUT2D eigenvalue weighted by Crippen LogP contribution is 2.22. The van der Waals surface area contributed by atoms with Crippen LogP contribution in [0.1, 0.15) is 23.6 Å². The number of carbonyl (C=O) groups is 2. The summed E-state index contributed by atoms with van der Waals surface area (Å²) in [7, 11) is -4.01. The summed E-state index contributed by atoms with van der Waals surface area (Å²) in [6.07, 6.45) is -1.13. The first-order valence-corrected chi connectivity index (χ1v) is 10.3. The fraction of sp³-hybridized carbons (Fsp3) is 0.300. The van der Waals surface area contributed by atoms with Crippen LogP contribution in [0, 0.1) is 26.6 Å². The Labute approximate surface area is 169 Å². The van der Waals surface area contributed by atoms with E-state index in [2.05, 4.69) is 10.0 Å². The van der Waals surface area contributed by atoms with Gasteiger partial charge < -0.3 is 10.1 Å². The number of hydrogen-bond acceptors (Lipinski definition) is 5. The third kappa shape index (κ3) is 6.10. The Morgan fingerprint density at radius 3 is 2.17 bits per heavy atom. The summed E-state index contributed by atoms with van der Waals surface area (Å²) in [6, 6.07) is 7.98. The van der Waals surface area contributed by atoms with Crippen LogP contribution in [0.3, 0.4) is 0 Å². The number of rotatable bonds is 7. The molecule has 1 amide bonds. The molecule has 0 bridgehead atoms. The van der Waals surface area contributed by atoms with Gasteiger partial charge in [-0.2, -0.15) is 4.72 Å². The Hall–Kier alpha value is -2.78. The van der Waals surface area contributed by atoms with E-state index in [-0.39, 0.29) is 4.90 Å². The third-order valence-corrected chi connectivity index (χ3v) is 5.55. The summed E-state index contributed by atoms with van der Waals surface area (Å²) in [5, 5.41) is 2.72. The molecule has 2 rings (SSSR count). The minimum atomic E-state index is -4.01. The van der Waals surface area contributed by atoms with Crippen LogP contribution in [0.5, 0.6) is 0 Å². The minimum absolute atomic E-state index is 0.192. The van der Waals surface area contributed by atoms with Crippen molar-refractivity contribution < 1.29 is 27.1 Å². The molecule has 0 aliphatic heterocycles. The average molecular weight is 422 g/mol. The van der Waals surface area contributed by atoms with Gasteiger partial charge in [-0.25, -0.2) is 12.8 Å². The molecule has 0 aliphatic carbocycles. The van der Waals surface area contributed by atoms with Gasteiger partial charge in [-0.3, -0.25) is 9.59 Å². The van der Waals surface area contributed by atoms with Crippen molar-refractivity contribution in [2.24, 2.45) is 0 Å². The molecule has 29 heavy (non-hydrogen) atoms. The lowest BCUT2D eigenvalue weighted by Crippen LogP contribution is -2.36. The van der Waals surface area contributed by atoms with Crippen molar-refractivity contribution in [2.75, 3.05) is 11.9 Å². The van der Waals surface area contributed by atoms with Gasteiger partial charge in [-0.1, -0.05) is 17.7 Å². The molecule has 0 saturated heterocycles. The van der Waals surface area contributed by atoms with Crippen molar-refractivity contribution in [1.82, 2.24) is 4.72 Å². The van der Waals surface area contributed by atoms with Crippen molar-refractivity contribution in [2.45, 2.75) is 38.7 Å². The highest BCUT2D eigenvalue weighted by Gasteiger charge is 2.21. The fourth-order valence-electron chi connectivity index (χ4n) is 2.75. The number of sulfonamides is 1. The number of hydrogen-bond donors (Lipinski definition) is 2. The predicted octanol–water partition coefficient (Wildman–Crippen LogP) is 2.60. The van der Waals surface area contributed by atoms with Crippen LogP contribution in [-0.2, 0) is 24.3 Å². The van der Waals surface area contributed by atoms with E-state index >= 15 is 0 Å². The zero-order valence-electron chi connectivity index (χ0n) is 16.6. The summed E-state index contributed by atoms with van der Waals surface area (Å²) < 4.78 is 44.1. The highest BCUT2D eigenvalue weighted by atomic mass is 32.2. The first-order chi connectivity index (χ1) is 13.5. The molecule has 0 saturated carbocycles. The van der Waals surface area contributed by atoms with Crippen molar-refractivity contribution >= 4 is 27.6 Å². The molecule has 0 fully saturated rings. The lowest BCUT2D eigenvalue weighted by molar-refractivity contribution is -0.151. The van der Waals surface area contributed by atoms with Gasteiger partial charge in [0, 0.05) is 5.69 Å². The van der Waals surface area contributed by atoms with Crippen LogP contribution in [0.15, 0.2) is 41.3 Å². The van der Waals surface area contributed by atoms with Crippen LogP contribution in [0.25, 0.3) is 0 Å². The van der Waals surface area contributed by atoms with Gasteiger partial charge in [0.2, 0.25) is 10.0 Å². The molecule has 2 aromatic carbocycles. The van der Waals surface area contributed by atoms with Gasteiger partial charge in [-0.05, 0) is 63.1 Å². The van der Waals surface area contributed by atoms with Crippen molar-refractivity contribution in [1.29, 1.82) is 0 Å². The van der Waals surface area contributed by atoms with Crippen molar-refractivity contribution in [3.8, 4) is 0 Å². The van der Waals surface area contributed by atoms with Crippen LogP contribution in [-0.4, -0.2) is 32.9 Å². The monoisotopic (exact) mass is 422 g/mol. The van der Waals surface area contributed by atoms with Gasteiger partial charge in [0.15, 0.2) is 6.10 Å². The van der Waals surface area contributed by atoms with E-state index in [1.807, 2.05) is 32.9 Å². The Morgan fingerprint density at radius 1 is 1.07 bits per heavy atom. The Morgan fingerprint density at radius 2 is 1.62 bits per heavy atom. The average Bonchev–Trinajstić information content (AvgIpc) is 2.63. The molecule has 2 N–H and O–H groups in total. The second kappa shape index (κ2) is 9.15. The summed E-state index contributed by atoms with van der Waals surface area (Å²) in [4.78, 5) is 24.1. The first-order valence-electron chi connectivity index (χ1n) is 8.83. The van der Waals surface area contributed by atoms with Crippen molar-refractivity contribution in [3.63, 3.8) is 0 Å². The van der Waals surface area contributed by atoms with Crippen LogP contribution < -0.4 is 10.0 Å². The summed E-state index contributed by atoms with van der Waals surface area (Å²) >= 11 is 0. The molecule has 0 heterocycles. The number of anilines is 1. The van der Waals surface area contributed by atoms with E-state index in [1.54, 1.807) is 0 Å². The largest absolute Gasteiger partial charge is 0.452 e. The smallest absolute Gasteiger partial charge is 0.321 e. The van der Waals surface area contributed by atoms with Crippen LogP contribution in [0.4, 0.5) is 10.1 Å². The first kappa shape index (κ1) is 22.5. The van der Waals surface area contributed by atoms with Gasteiger partial charge in [0.1, 0.15) is 12.4 Å². The summed E-state index contributed by atoms with van der Waals surface area (Å²) in [6.45, 7) is 6.39. The van der Waals surface area contributed by atoms with Crippen molar-refractivity contribution in [3.05, 3.63) is 58.9 Å². The van der Waals surface area contributed by atoms with Gasteiger partial charge in [0.25, 0.3) is 5.91 Å². The van der Waals surface area contributed by atoms with Gasteiger partial charge >= 0.3 is 5.97 Å². The van der Waals surface area contributed by atoms with E-state index < -0.39 is 40.4 Å². The van der Waals surface area contributed by atoms with Gasteiger partial charge in [-0.15, -0.1) is 0 Å². The second-order valence-corrected chi connectivity index (χ2v) is 8.44. The molecule has 0 radical (unpaired) electrons. The standard InChI is InChI=1S/C20H23FN2O5S/c1-12-9-13(2)19(14(3)10-12)23-20(25)15(4)28-18(24)11-22-29(26,27)17-7-5-16(21)6-8-17/h5-10,15,22H,11H2,1-4H3,(H,23,25)/t15-/m0/s1. The third-order valence-electron chi connectivity index (χ3n) is 4.13. The number of aryl methyl sites for hydroxylation is 3. The molecule has 7 nitrogen and oxygen atoms in total. The SMILES string of the molecule is Cc1cc(C)c(NC(=O)[C@H](C)OC(=O)CNS(=O)(=O)c2ccc(F)cc2)c(C)c1. The van der Waals surface area contributed by atoms with E-state index in [0.29, 0.717) is 5.69 Å². The molecule has 9 heteroatoms. The predicted molar refractivity (Wildman–Crippen MR) is 106 cm³/mol. The molecule has 0 aromatic heterocycles.